The third kappa shape index (κ3) is 0.719. The summed E-state index contributed by atoms with van der Waals surface area (Å²) in [5.74, 6) is -0.0329. The van der Waals surface area contributed by atoms with E-state index in [-0.39, 0.29) is 23.8 Å². The summed E-state index contributed by atoms with van der Waals surface area (Å²) in [4.78, 5) is 21.5. The highest BCUT2D eigenvalue weighted by atomic mass is 16.5. The van der Waals surface area contributed by atoms with Crippen LogP contribution in [0.25, 0.3) is 0 Å². The Hall–Kier alpha value is -1.32. The van der Waals surface area contributed by atoms with Gasteiger partial charge in [0.1, 0.15) is 11.7 Å². The summed E-state index contributed by atoms with van der Waals surface area (Å²) in [5, 5.41) is 2.71. The molecule has 64 valence electrons. The van der Waals surface area contributed by atoms with Crippen molar-refractivity contribution in [3.05, 3.63) is 11.3 Å². The standard InChI is InChI=1S/C8H9NO3/c1-3-6-5(8(11)9-6)7(3)12-4(2)10/h5-6H,1-2H3,(H,9,11). The lowest BCUT2D eigenvalue weighted by molar-refractivity contribution is -0.144. The van der Waals surface area contributed by atoms with Gasteiger partial charge in [-0.05, 0) is 12.5 Å². The van der Waals surface area contributed by atoms with E-state index in [0.29, 0.717) is 5.76 Å². The maximum Gasteiger partial charge on any atom is 0.307 e. The molecule has 1 saturated heterocycles. The Labute approximate surface area is 69.6 Å². The molecule has 4 nitrogen and oxygen atoms in total. The largest absolute Gasteiger partial charge is 0.430 e. The molecule has 0 spiro atoms. The molecule has 0 aromatic heterocycles. The number of β-lactam (4-membered cyclic amide) rings is 1. The van der Waals surface area contributed by atoms with Crippen LogP contribution in [-0.4, -0.2) is 17.9 Å². The molecule has 2 aliphatic rings. The molecule has 2 atom stereocenters. The maximum absolute atomic E-state index is 10.9. The number of hydrogen-bond donors (Lipinski definition) is 1. The zero-order valence-electron chi connectivity index (χ0n) is 6.88. The number of nitrogens with one attached hydrogen (secondary N) is 1. The van der Waals surface area contributed by atoms with Gasteiger partial charge in [0.25, 0.3) is 0 Å². The molecule has 12 heavy (non-hydrogen) atoms. The van der Waals surface area contributed by atoms with E-state index in [1.807, 2.05) is 6.92 Å². The van der Waals surface area contributed by atoms with Crippen molar-refractivity contribution in [1.29, 1.82) is 0 Å². The molecule has 0 saturated carbocycles. The molecule has 1 amide bonds. The van der Waals surface area contributed by atoms with Crippen LogP contribution >= 0.6 is 0 Å². The minimum atomic E-state index is -0.359. The molecule has 0 bridgehead atoms. The van der Waals surface area contributed by atoms with Crippen LogP contribution in [0.4, 0.5) is 0 Å². The number of esters is 1. The fraction of sp³-hybridized carbons (Fsp3) is 0.500. The lowest BCUT2D eigenvalue weighted by atomic mass is 9.72. The summed E-state index contributed by atoms with van der Waals surface area (Å²) in [6.07, 6.45) is 0. The van der Waals surface area contributed by atoms with E-state index < -0.39 is 0 Å². The second kappa shape index (κ2) is 2.09. The van der Waals surface area contributed by atoms with Gasteiger partial charge in [-0.1, -0.05) is 0 Å². The van der Waals surface area contributed by atoms with Crippen molar-refractivity contribution >= 4 is 11.9 Å². The highest BCUT2D eigenvalue weighted by Crippen LogP contribution is 2.41. The quantitative estimate of drug-likeness (QED) is 0.440. The average Bonchev–Trinajstić information content (AvgIpc) is 1.97. The van der Waals surface area contributed by atoms with E-state index in [1.54, 1.807) is 0 Å². The van der Waals surface area contributed by atoms with E-state index in [4.69, 9.17) is 4.74 Å². The summed E-state index contributed by atoms with van der Waals surface area (Å²) < 4.78 is 4.88. The van der Waals surface area contributed by atoms with Gasteiger partial charge in [-0.25, -0.2) is 0 Å². The van der Waals surface area contributed by atoms with Crippen LogP contribution in [0.1, 0.15) is 13.8 Å². The molecule has 1 N–H and O–H groups in total. The first-order chi connectivity index (χ1) is 5.61. The predicted octanol–water partition coefficient (Wildman–Crippen LogP) is -0.0483. The summed E-state index contributed by atoms with van der Waals surface area (Å²) in [6, 6.07) is 0.131. The number of carbonyl (C=O) groups excluding carboxylic acids is 2. The first-order valence-corrected chi connectivity index (χ1v) is 3.80. The molecule has 0 aromatic rings. The molecule has 2 rings (SSSR count). The van der Waals surface area contributed by atoms with Gasteiger partial charge in [-0.15, -0.1) is 0 Å². The van der Waals surface area contributed by atoms with Crippen LogP contribution in [0.15, 0.2) is 11.3 Å². The maximum atomic E-state index is 10.9. The SMILES string of the molecule is CC(=O)OC1=C(C)C2NC(=O)C12. The third-order valence-electron chi connectivity index (χ3n) is 2.30. The lowest BCUT2D eigenvalue weighted by Crippen LogP contribution is -2.65. The first-order valence-electron chi connectivity index (χ1n) is 3.80. The molecule has 1 aliphatic carbocycles. The number of rotatable bonds is 1. The Morgan fingerprint density at radius 1 is 1.58 bits per heavy atom. The van der Waals surface area contributed by atoms with Gasteiger partial charge in [-0.3, -0.25) is 9.59 Å². The van der Waals surface area contributed by atoms with E-state index in [9.17, 15) is 9.59 Å². The van der Waals surface area contributed by atoms with Crippen molar-refractivity contribution < 1.29 is 14.3 Å². The van der Waals surface area contributed by atoms with Crippen molar-refractivity contribution in [2.75, 3.05) is 0 Å². The molecular weight excluding hydrogens is 158 g/mol. The van der Waals surface area contributed by atoms with E-state index in [1.165, 1.54) is 6.92 Å². The lowest BCUT2D eigenvalue weighted by Gasteiger charge is -2.46. The summed E-state index contributed by atoms with van der Waals surface area (Å²) in [6.45, 7) is 3.20. The highest BCUT2D eigenvalue weighted by Gasteiger charge is 2.53. The van der Waals surface area contributed by atoms with Crippen LogP contribution < -0.4 is 5.32 Å². The fourth-order valence-corrected chi connectivity index (χ4v) is 1.61. The Balaban J connectivity index is 2.15. The van der Waals surface area contributed by atoms with Crippen LogP contribution in [-0.2, 0) is 14.3 Å². The van der Waals surface area contributed by atoms with Crippen LogP contribution in [0.2, 0.25) is 0 Å². The van der Waals surface area contributed by atoms with E-state index in [2.05, 4.69) is 5.32 Å². The molecule has 0 aromatic carbocycles. The Morgan fingerprint density at radius 3 is 2.75 bits per heavy atom. The Kier molecular flexibility index (Phi) is 1.28. The van der Waals surface area contributed by atoms with Crippen molar-refractivity contribution in [1.82, 2.24) is 5.32 Å². The number of fused-ring (bicyclic) bond motifs is 1. The van der Waals surface area contributed by atoms with Gasteiger partial charge in [0.2, 0.25) is 5.91 Å². The van der Waals surface area contributed by atoms with Gasteiger partial charge < -0.3 is 10.1 Å². The van der Waals surface area contributed by atoms with Gasteiger partial charge in [-0.2, -0.15) is 0 Å². The predicted molar refractivity (Wildman–Crippen MR) is 39.9 cm³/mol. The molecule has 2 unspecified atom stereocenters. The normalized spacial score (nSPS) is 31.3. The zero-order valence-corrected chi connectivity index (χ0v) is 6.88. The average molecular weight is 167 g/mol. The van der Waals surface area contributed by atoms with Gasteiger partial charge in [0.15, 0.2) is 0 Å². The molecule has 4 heteroatoms. The number of carbonyl (C=O) groups is 2. The third-order valence-corrected chi connectivity index (χ3v) is 2.30. The minimum Gasteiger partial charge on any atom is -0.430 e. The van der Waals surface area contributed by atoms with Crippen molar-refractivity contribution in [3.63, 3.8) is 0 Å². The smallest absolute Gasteiger partial charge is 0.307 e. The summed E-state index contributed by atoms with van der Waals surface area (Å²) in [5.41, 5.74) is 0.967. The number of amides is 1. The van der Waals surface area contributed by atoms with Crippen LogP contribution in [0.5, 0.6) is 0 Å². The molecule has 1 fully saturated rings. The van der Waals surface area contributed by atoms with Crippen molar-refractivity contribution in [2.24, 2.45) is 5.92 Å². The Morgan fingerprint density at radius 2 is 2.25 bits per heavy atom. The molecule has 0 radical (unpaired) electrons. The van der Waals surface area contributed by atoms with Crippen molar-refractivity contribution in [2.45, 2.75) is 19.9 Å². The molecule has 1 heterocycles. The number of hydrogen-bond acceptors (Lipinski definition) is 3. The van der Waals surface area contributed by atoms with E-state index in [0.717, 1.165) is 5.57 Å². The van der Waals surface area contributed by atoms with Crippen molar-refractivity contribution in [3.8, 4) is 0 Å². The first kappa shape index (κ1) is 7.34. The van der Waals surface area contributed by atoms with Crippen LogP contribution in [0.3, 0.4) is 0 Å². The summed E-state index contributed by atoms with van der Waals surface area (Å²) in [7, 11) is 0. The monoisotopic (exact) mass is 167 g/mol. The van der Waals surface area contributed by atoms with Gasteiger partial charge in [0, 0.05) is 6.92 Å². The fourth-order valence-electron chi connectivity index (χ4n) is 1.61. The molecule has 1 aliphatic heterocycles. The molecular formula is C8H9NO3. The van der Waals surface area contributed by atoms with Gasteiger partial charge in [0.05, 0.1) is 6.04 Å². The van der Waals surface area contributed by atoms with E-state index >= 15 is 0 Å². The second-order valence-corrected chi connectivity index (χ2v) is 3.10. The van der Waals surface area contributed by atoms with Crippen LogP contribution in [0, 0.1) is 5.92 Å². The Bertz CT molecular complexity index is 305. The topological polar surface area (TPSA) is 55.4 Å². The van der Waals surface area contributed by atoms with Gasteiger partial charge >= 0.3 is 5.97 Å². The highest BCUT2D eigenvalue weighted by molar-refractivity contribution is 5.93. The second-order valence-electron chi connectivity index (χ2n) is 3.10. The minimum absolute atomic E-state index is 0.0400. The zero-order chi connectivity index (χ0) is 8.88. The summed E-state index contributed by atoms with van der Waals surface area (Å²) >= 11 is 0. The number of ether oxygens (including phenoxy) is 1.